The molecular formula is C18H14F3NO3. The molecule has 0 fully saturated rings. The van der Waals surface area contributed by atoms with E-state index < -0.39 is 24.1 Å². The number of carboxylic acid groups (broad SMARTS) is 1. The van der Waals surface area contributed by atoms with Gasteiger partial charge in [-0.1, -0.05) is 24.3 Å². The van der Waals surface area contributed by atoms with Crippen LogP contribution >= 0.6 is 0 Å². The van der Waals surface area contributed by atoms with Crippen LogP contribution in [0.2, 0.25) is 0 Å². The second-order valence-electron chi connectivity index (χ2n) is 5.51. The molecule has 130 valence electrons. The number of hydrogen-bond acceptors (Lipinski definition) is 2. The molecule has 7 heteroatoms. The molecule has 3 rings (SSSR count). The fraction of sp³-hybridized carbons (Fsp3) is 0.167. The van der Waals surface area contributed by atoms with E-state index in [2.05, 4.69) is 4.98 Å². The summed E-state index contributed by atoms with van der Waals surface area (Å²) in [5.74, 6) is -0.601. The smallest absolute Gasteiger partial charge is 0.418 e. The van der Waals surface area contributed by atoms with Crippen molar-refractivity contribution in [2.75, 3.05) is 7.11 Å². The molecule has 4 nitrogen and oxygen atoms in total. The Morgan fingerprint density at radius 1 is 1.20 bits per heavy atom. The molecule has 0 saturated heterocycles. The number of nitrogens with one attached hydrogen (secondary N) is 1. The van der Waals surface area contributed by atoms with Crippen LogP contribution in [0.25, 0.3) is 22.2 Å². The molecule has 0 spiro atoms. The van der Waals surface area contributed by atoms with Gasteiger partial charge in [-0.15, -0.1) is 0 Å². The minimum absolute atomic E-state index is 0.121. The predicted octanol–water partition coefficient (Wildman–Crippen LogP) is 4.49. The molecule has 0 aliphatic heterocycles. The van der Waals surface area contributed by atoms with Gasteiger partial charge in [0, 0.05) is 10.9 Å². The maximum absolute atomic E-state index is 13.3. The van der Waals surface area contributed by atoms with Crippen molar-refractivity contribution < 1.29 is 27.8 Å². The van der Waals surface area contributed by atoms with E-state index in [4.69, 9.17) is 4.74 Å². The number of H-pyrrole nitrogens is 1. The first-order chi connectivity index (χ1) is 11.8. The summed E-state index contributed by atoms with van der Waals surface area (Å²) in [6.45, 7) is 0. The summed E-state index contributed by atoms with van der Waals surface area (Å²) in [5, 5.41) is 9.43. The molecule has 0 aliphatic carbocycles. The normalized spacial score (nSPS) is 11.7. The number of alkyl halides is 3. The Hall–Kier alpha value is -2.96. The minimum atomic E-state index is -4.55. The van der Waals surface area contributed by atoms with Gasteiger partial charge in [0.05, 0.1) is 30.3 Å². The van der Waals surface area contributed by atoms with Crippen molar-refractivity contribution in [3.8, 4) is 17.0 Å². The predicted molar refractivity (Wildman–Crippen MR) is 86.6 cm³/mol. The molecule has 0 bridgehead atoms. The summed E-state index contributed by atoms with van der Waals surface area (Å²) >= 11 is 0. The maximum Gasteiger partial charge on any atom is 0.418 e. The zero-order valence-corrected chi connectivity index (χ0v) is 13.1. The van der Waals surface area contributed by atoms with Gasteiger partial charge in [-0.05, 0) is 23.8 Å². The van der Waals surface area contributed by atoms with Gasteiger partial charge in [-0.3, -0.25) is 4.79 Å². The van der Waals surface area contributed by atoms with Crippen LogP contribution in [0.4, 0.5) is 13.2 Å². The summed E-state index contributed by atoms with van der Waals surface area (Å²) in [6.07, 6.45) is -4.94. The summed E-state index contributed by atoms with van der Waals surface area (Å²) < 4.78 is 45.0. The standard InChI is InChI=1S/C18H14F3NO3/c1-25-11-5-2-4-10(8-11)16-13(9-15(23)24)12-6-3-7-14(17(12)22-16)18(19,20)21/h2-8,22H,9H2,1H3,(H,23,24). The summed E-state index contributed by atoms with van der Waals surface area (Å²) in [6, 6.07) is 10.5. The first-order valence-corrected chi connectivity index (χ1v) is 7.38. The Morgan fingerprint density at radius 3 is 2.56 bits per heavy atom. The number of benzene rings is 2. The third kappa shape index (κ3) is 3.17. The number of aromatic nitrogens is 1. The van der Waals surface area contributed by atoms with Gasteiger partial charge in [0.1, 0.15) is 5.75 Å². The van der Waals surface area contributed by atoms with Gasteiger partial charge in [0.15, 0.2) is 0 Å². The summed E-state index contributed by atoms with van der Waals surface area (Å²) in [7, 11) is 1.48. The Morgan fingerprint density at radius 2 is 1.92 bits per heavy atom. The fourth-order valence-electron chi connectivity index (χ4n) is 2.87. The minimum Gasteiger partial charge on any atom is -0.497 e. The molecular weight excluding hydrogens is 335 g/mol. The number of para-hydroxylation sites is 1. The molecule has 2 aromatic carbocycles. The SMILES string of the molecule is COc1cccc(-c2[nH]c3c(C(F)(F)F)cccc3c2CC(=O)O)c1. The lowest BCUT2D eigenvalue weighted by atomic mass is 10.0. The van der Waals surface area contributed by atoms with Crippen molar-refractivity contribution >= 4 is 16.9 Å². The largest absolute Gasteiger partial charge is 0.497 e. The van der Waals surface area contributed by atoms with Gasteiger partial charge >= 0.3 is 12.1 Å². The zero-order chi connectivity index (χ0) is 18.2. The van der Waals surface area contributed by atoms with Crippen LogP contribution in [-0.2, 0) is 17.4 Å². The second-order valence-corrected chi connectivity index (χ2v) is 5.51. The molecule has 0 radical (unpaired) electrons. The Balaban J connectivity index is 2.31. The maximum atomic E-state index is 13.3. The highest BCUT2D eigenvalue weighted by molar-refractivity contribution is 5.95. The monoisotopic (exact) mass is 349 g/mol. The number of fused-ring (bicyclic) bond motifs is 1. The number of aromatic amines is 1. The molecule has 3 aromatic rings. The molecule has 0 aliphatic rings. The van der Waals surface area contributed by atoms with Gasteiger partial charge in [-0.2, -0.15) is 13.2 Å². The van der Waals surface area contributed by atoms with Gasteiger partial charge in [-0.25, -0.2) is 0 Å². The number of rotatable bonds is 4. The zero-order valence-electron chi connectivity index (χ0n) is 13.1. The highest BCUT2D eigenvalue weighted by Gasteiger charge is 2.34. The van der Waals surface area contributed by atoms with Gasteiger partial charge in [0.2, 0.25) is 0 Å². The number of aliphatic carboxylic acids is 1. The summed E-state index contributed by atoms with van der Waals surface area (Å²) in [4.78, 5) is 14.0. The molecule has 25 heavy (non-hydrogen) atoms. The molecule has 0 saturated carbocycles. The number of hydrogen-bond donors (Lipinski definition) is 2. The lowest BCUT2D eigenvalue weighted by molar-refractivity contribution is -0.137. The van der Waals surface area contributed by atoms with Crippen LogP contribution in [0, 0.1) is 0 Å². The highest BCUT2D eigenvalue weighted by Crippen LogP contribution is 2.39. The third-order valence-corrected chi connectivity index (χ3v) is 3.93. The number of halogens is 3. The van der Waals surface area contributed by atoms with Crippen LogP contribution in [0.1, 0.15) is 11.1 Å². The van der Waals surface area contributed by atoms with Crippen LogP contribution in [0.5, 0.6) is 5.75 Å². The second kappa shape index (κ2) is 6.16. The Labute approximate surface area is 140 Å². The van der Waals surface area contributed by atoms with Crippen molar-refractivity contribution in [1.82, 2.24) is 4.98 Å². The number of methoxy groups -OCH3 is 1. The fourth-order valence-corrected chi connectivity index (χ4v) is 2.87. The topological polar surface area (TPSA) is 62.3 Å². The van der Waals surface area contributed by atoms with Crippen LogP contribution < -0.4 is 4.74 Å². The molecule has 1 heterocycles. The van der Waals surface area contributed by atoms with Gasteiger partial charge < -0.3 is 14.8 Å². The van der Waals surface area contributed by atoms with E-state index in [9.17, 15) is 23.1 Å². The van der Waals surface area contributed by atoms with Crippen LogP contribution in [0.15, 0.2) is 42.5 Å². The quantitative estimate of drug-likeness (QED) is 0.729. The van der Waals surface area contributed by atoms with Gasteiger partial charge in [0.25, 0.3) is 0 Å². The van der Waals surface area contributed by atoms with Crippen LogP contribution in [-0.4, -0.2) is 23.2 Å². The lowest BCUT2D eigenvalue weighted by Crippen LogP contribution is -2.05. The van der Waals surface area contributed by atoms with E-state index in [0.717, 1.165) is 6.07 Å². The average molecular weight is 349 g/mol. The molecule has 2 N–H and O–H groups in total. The average Bonchev–Trinajstić information content (AvgIpc) is 2.92. The molecule has 1 aromatic heterocycles. The first kappa shape index (κ1) is 16.9. The van der Waals surface area contributed by atoms with E-state index in [-0.39, 0.29) is 10.9 Å². The summed E-state index contributed by atoms with van der Waals surface area (Å²) in [5.41, 5.74) is 0.254. The third-order valence-electron chi connectivity index (χ3n) is 3.93. The van der Waals surface area contributed by atoms with E-state index in [0.29, 0.717) is 22.6 Å². The van der Waals surface area contributed by atoms with Crippen molar-refractivity contribution in [2.45, 2.75) is 12.6 Å². The Bertz CT molecular complexity index is 944. The van der Waals surface area contributed by atoms with E-state index in [1.54, 1.807) is 24.3 Å². The van der Waals surface area contributed by atoms with Crippen LogP contribution in [0.3, 0.4) is 0 Å². The number of ether oxygens (including phenoxy) is 1. The van der Waals surface area contributed by atoms with Crippen molar-refractivity contribution in [1.29, 1.82) is 0 Å². The number of carbonyl (C=O) groups is 1. The Kier molecular flexibility index (Phi) is 4.16. The highest BCUT2D eigenvalue weighted by atomic mass is 19.4. The van der Waals surface area contributed by atoms with E-state index in [1.165, 1.54) is 19.2 Å². The molecule has 0 atom stereocenters. The lowest BCUT2D eigenvalue weighted by Gasteiger charge is -2.07. The van der Waals surface area contributed by atoms with E-state index >= 15 is 0 Å². The molecule has 0 amide bonds. The van der Waals surface area contributed by atoms with Crippen molar-refractivity contribution in [3.05, 3.63) is 53.6 Å². The first-order valence-electron chi connectivity index (χ1n) is 7.38. The molecule has 0 unspecified atom stereocenters. The number of carboxylic acids is 1. The van der Waals surface area contributed by atoms with E-state index in [1.807, 2.05) is 0 Å². The van der Waals surface area contributed by atoms with Crippen molar-refractivity contribution in [2.24, 2.45) is 0 Å². The van der Waals surface area contributed by atoms with Crippen molar-refractivity contribution in [3.63, 3.8) is 0 Å².